The SMILES string of the molecule is CC(C)(C)c1ccc(N(c2ccccc2)c2cc3c(c4oc5ccccc5c24)-c2c(cc(N(c4ccccc4)c4ccc(C(C)(C)C)cc4)c4c2oc2ccccc24)C3(c2ccc(C(C)(C)C)cc2)c2ccc([Si](c3ccc(C(C)(C)C)cc3)(c3ccc(C(C)(C)C)cc3)c3ccc(C(C)(C)C)cc3)cc2)cc1. The van der Waals surface area contributed by atoms with E-state index in [1.54, 1.807) is 0 Å². The van der Waals surface area contributed by atoms with Crippen LogP contribution >= 0.6 is 0 Å². The van der Waals surface area contributed by atoms with E-state index in [0.717, 1.165) is 111 Å². The Morgan fingerprint density at radius 1 is 0.259 bits per heavy atom. The van der Waals surface area contributed by atoms with Gasteiger partial charge in [0.25, 0.3) is 0 Å². The van der Waals surface area contributed by atoms with Crippen molar-refractivity contribution in [3.8, 4) is 11.1 Å². The monoisotopic (exact) mass is 1430 g/mol. The first-order chi connectivity index (χ1) is 51.3. The molecule has 4 nitrogen and oxygen atoms in total. The third-order valence-electron chi connectivity index (χ3n) is 23.3. The maximum Gasteiger partial charge on any atom is 0.179 e. The van der Waals surface area contributed by atoms with Gasteiger partial charge in [0, 0.05) is 44.6 Å². The van der Waals surface area contributed by atoms with Gasteiger partial charge < -0.3 is 18.6 Å². The van der Waals surface area contributed by atoms with Crippen molar-refractivity contribution >= 4 is 107 Å². The first kappa shape index (κ1) is 71.5. The average Bonchev–Trinajstić information content (AvgIpc) is 1.50. The lowest BCUT2D eigenvalue weighted by Gasteiger charge is -2.38. The summed E-state index contributed by atoms with van der Waals surface area (Å²) in [7, 11) is -3.27. The van der Waals surface area contributed by atoms with Crippen LogP contribution < -0.4 is 30.5 Å². The summed E-state index contributed by atoms with van der Waals surface area (Å²) in [5, 5.41) is 9.41. The van der Waals surface area contributed by atoms with Crippen molar-refractivity contribution < 1.29 is 8.83 Å². The molecule has 0 saturated carbocycles. The van der Waals surface area contributed by atoms with Gasteiger partial charge in [-0.1, -0.05) is 343 Å². The normalized spacial score (nSPS) is 13.5. The van der Waals surface area contributed by atoms with Gasteiger partial charge >= 0.3 is 0 Å². The first-order valence-corrected chi connectivity index (χ1v) is 40.8. The molecule has 13 aromatic carbocycles. The van der Waals surface area contributed by atoms with Crippen LogP contribution in [0.25, 0.3) is 55.0 Å². The van der Waals surface area contributed by atoms with Crippen molar-refractivity contribution in [1.29, 1.82) is 0 Å². The van der Waals surface area contributed by atoms with Crippen molar-refractivity contribution in [2.75, 3.05) is 9.80 Å². The summed E-state index contributed by atoms with van der Waals surface area (Å²) in [6.07, 6.45) is 0. The molecule has 540 valence electrons. The Kier molecular flexibility index (Phi) is 17.2. The van der Waals surface area contributed by atoms with E-state index >= 15 is 0 Å². The zero-order valence-electron chi connectivity index (χ0n) is 66.4. The lowest BCUT2D eigenvalue weighted by Crippen LogP contribution is -2.74. The summed E-state index contributed by atoms with van der Waals surface area (Å²) in [4.78, 5) is 4.97. The third-order valence-corrected chi connectivity index (χ3v) is 28.1. The van der Waals surface area contributed by atoms with Crippen LogP contribution in [0.4, 0.5) is 34.1 Å². The Morgan fingerprint density at radius 3 is 0.796 bits per heavy atom. The smallest absolute Gasteiger partial charge is 0.179 e. The summed E-state index contributed by atoms with van der Waals surface area (Å²) >= 11 is 0. The lowest BCUT2D eigenvalue weighted by molar-refractivity contribution is 0.589. The van der Waals surface area contributed by atoms with Crippen molar-refractivity contribution in [3.63, 3.8) is 0 Å². The van der Waals surface area contributed by atoms with Gasteiger partial charge in [0.1, 0.15) is 22.3 Å². The summed E-state index contributed by atoms with van der Waals surface area (Å²) in [5.41, 5.74) is 22.1. The highest BCUT2D eigenvalue weighted by atomic mass is 28.3. The molecule has 0 amide bonds. The molecule has 5 heteroatoms. The molecule has 0 unspecified atom stereocenters. The van der Waals surface area contributed by atoms with Gasteiger partial charge in [-0.25, -0.2) is 0 Å². The van der Waals surface area contributed by atoms with Crippen LogP contribution in [0.5, 0.6) is 0 Å². The fourth-order valence-corrected chi connectivity index (χ4v) is 21.9. The molecule has 2 aromatic heterocycles. The topological polar surface area (TPSA) is 32.8 Å². The van der Waals surface area contributed by atoms with Crippen molar-refractivity contribution in [2.24, 2.45) is 0 Å². The number of para-hydroxylation sites is 4. The van der Waals surface area contributed by atoms with E-state index in [-0.39, 0.29) is 32.5 Å². The fraction of sp³-hybridized carbons (Fsp3) is 0.243. The molecule has 0 atom stereocenters. The number of hydrogen-bond acceptors (Lipinski definition) is 4. The molecule has 0 radical (unpaired) electrons. The molecule has 108 heavy (non-hydrogen) atoms. The second kappa shape index (κ2) is 26.0. The van der Waals surface area contributed by atoms with Gasteiger partial charge in [0.2, 0.25) is 0 Å². The average molecular weight is 1430 g/mol. The number of benzene rings is 13. The van der Waals surface area contributed by atoms with E-state index in [4.69, 9.17) is 8.83 Å². The minimum Gasteiger partial charge on any atom is -0.455 e. The van der Waals surface area contributed by atoms with E-state index in [2.05, 4.69) is 426 Å². The van der Waals surface area contributed by atoms with Gasteiger partial charge in [-0.3, -0.25) is 0 Å². The molecular formula is C103H102N2O2Si. The fourth-order valence-electron chi connectivity index (χ4n) is 17.2. The highest BCUT2D eigenvalue weighted by Crippen LogP contribution is 2.65. The largest absolute Gasteiger partial charge is 0.455 e. The molecule has 0 fully saturated rings. The number of rotatable bonds is 12. The van der Waals surface area contributed by atoms with Crippen LogP contribution in [0.1, 0.15) is 180 Å². The molecular weight excluding hydrogens is 1330 g/mol. The molecule has 1 aliphatic rings. The summed E-state index contributed by atoms with van der Waals surface area (Å²) in [6, 6.07) is 112. The number of hydrogen-bond donors (Lipinski definition) is 0. The minimum atomic E-state index is -3.27. The molecule has 0 spiro atoms. The Balaban J connectivity index is 1.10. The zero-order chi connectivity index (χ0) is 75.8. The number of nitrogens with zero attached hydrogens (tertiary/aromatic N) is 2. The standard InChI is InChI=1S/C103H102N2O2Si/c1-97(2,3)67-37-39-73(40-38-67)103(74-51-63-82(64-52-74)108(79-57-45-70(46-58-79)100(10,11)12,80-59-47-71(48-60-80)101(13,14)15)81-61-49-72(50-62-81)102(16,17)18)85-65-87(104(75-29-21-19-22-30-75)77-53-41-68(42-54-77)98(4,5)6)91-83-33-25-27-35-89(83)106-95(91)93(85)94-86(103)66-88(92-84-34-26-28-36-90(84)107-96(92)94)105(76-31-23-20-24-32-76)78-55-43-69(44-56-78)99(7,8)9/h19-66H,1-18H3. The second-order valence-corrected chi connectivity index (χ2v) is 40.4. The second-order valence-electron chi connectivity index (χ2n) is 36.6. The maximum absolute atomic E-state index is 7.81. The van der Waals surface area contributed by atoms with Gasteiger partial charge in [0.05, 0.1) is 27.6 Å². The summed E-state index contributed by atoms with van der Waals surface area (Å²) in [5.74, 6) is 0. The summed E-state index contributed by atoms with van der Waals surface area (Å²) < 4.78 is 15.6. The van der Waals surface area contributed by atoms with Gasteiger partial charge in [-0.05, 0) is 182 Å². The number of furan rings is 2. The highest BCUT2D eigenvalue weighted by Gasteiger charge is 2.52. The number of fused-ring (bicyclic) bond motifs is 11. The summed E-state index contributed by atoms with van der Waals surface area (Å²) in [6.45, 7) is 41.7. The minimum absolute atomic E-state index is 0.0496. The Morgan fingerprint density at radius 2 is 0.500 bits per heavy atom. The zero-order valence-corrected chi connectivity index (χ0v) is 67.4. The van der Waals surface area contributed by atoms with E-state index in [1.165, 1.54) is 54.1 Å². The van der Waals surface area contributed by atoms with Crippen LogP contribution in [0, 0.1) is 0 Å². The predicted octanol–water partition coefficient (Wildman–Crippen LogP) is 26.0. The van der Waals surface area contributed by atoms with Crippen LogP contribution in [-0.2, 0) is 37.9 Å². The quantitative estimate of drug-likeness (QED) is 0.0901. The molecule has 16 rings (SSSR count). The van der Waals surface area contributed by atoms with Crippen LogP contribution in [0.15, 0.2) is 300 Å². The van der Waals surface area contributed by atoms with Crippen molar-refractivity contribution in [2.45, 2.75) is 163 Å². The van der Waals surface area contributed by atoms with E-state index < -0.39 is 13.5 Å². The molecule has 15 aromatic rings. The molecule has 1 aliphatic carbocycles. The predicted molar refractivity (Wildman–Crippen MR) is 463 cm³/mol. The van der Waals surface area contributed by atoms with Crippen LogP contribution in [0.2, 0.25) is 0 Å². The Bertz CT molecular complexity index is 5480. The first-order valence-electron chi connectivity index (χ1n) is 38.8. The van der Waals surface area contributed by atoms with E-state index in [9.17, 15) is 0 Å². The van der Waals surface area contributed by atoms with E-state index in [0.29, 0.717) is 0 Å². The Labute approximate surface area is 641 Å². The molecule has 0 aliphatic heterocycles. The van der Waals surface area contributed by atoms with Gasteiger partial charge in [-0.2, -0.15) is 0 Å². The van der Waals surface area contributed by atoms with Gasteiger partial charge in [-0.15, -0.1) is 0 Å². The van der Waals surface area contributed by atoms with Crippen molar-refractivity contribution in [1.82, 2.24) is 0 Å². The molecule has 0 saturated heterocycles. The number of anilines is 6. The lowest BCUT2D eigenvalue weighted by atomic mass is 9.67. The molecule has 0 bridgehead atoms. The molecule has 2 heterocycles. The van der Waals surface area contributed by atoms with Crippen LogP contribution in [0.3, 0.4) is 0 Å². The maximum atomic E-state index is 7.81. The highest BCUT2D eigenvalue weighted by molar-refractivity contribution is 7.19. The Hall–Kier alpha value is -10.7. The van der Waals surface area contributed by atoms with Crippen molar-refractivity contribution in [3.05, 3.63) is 347 Å². The third kappa shape index (κ3) is 12.0. The molecule has 0 N–H and O–H groups in total. The van der Waals surface area contributed by atoms with Crippen LogP contribution in [-0.4, -0.2) is 8.07 Å². The van der Waals surface area contributed by atoms with Gasteiger partial charge in [0.15, 0.2) is 8.07 Å². The van der Waals surface area contributed by atoms with E-state index in [1.807, 2.05) is 0 Å².